The molecule has 0 saturated carbocycles. The number of Topliss-reactive ketones (excluding diaryl/α,β-unsaturated/α-hetero) is 1. The summed E-state index contributed by atoms with van der Waals surface area (Å²) in [7, 11) is 2.66. The molecule has 0 radical (unpaired) electrons. The maximum Gasteiger partial charge on any atom is 0.335 e. The fraction of sp³-hybridized carbons (Fsp3) is 0.581. The number of benzene rings is 1. The molecule has 0 aromatic heterocycles. The van der Waals surface area contributed by atoms with Crippen molar-refractivity contribution >= 4 is 17.7 Å². The van der Waals surface area contributed by atoms with Gasteiger partial charge in [0.1, 0.15) is 0 Å². The van der Waals surface area contributed by atoms with Gasteiger partial charge in [-0.3, -0.25) is 9.59 Å². The van der Waals surface area contributed by atoms with Crippen LogP contribution in [0.1, 0.15) is 61.7 Å². The summed E-state index contributed by atoms with van der Waals surface area (Å²) in [5.41, 5.74) is 0.135. The van der Waals surface area contributed by atoms with Crippen molar-refractivity contribution in [1.82, 2.24) is 9.80 Å². The van der Waals surface area contributed by atoms with E-state index < -0.39 is 23.3 Å². The number of methoxy groups -OCH3 is 2. The minimum atomic E-state index is -0.915. The lowest BCUT2D eigenvalue weighted by atomic mass is 9.63. The number of ether oxygens (including phenoxy) is 2. The molecule has 7 heteroatoms. The van der Waals surface area contributed by atoms with Crippen LogP contribution in [0.5, 0.6) is 0 Å². The number of nitrogens with zero attached hydrogens (tertiary/aromatic N) is 2. The zero-order chi connectivity index (χ0) is 27.0. The van der Waals surface area contributed by atoms with Gasteiger partial charge in [0.15, 0.2) is 5.78 Å². The SMILES string of the molecule is COC(=O)C1=C(C(=O)c2ccccc2)C=CC(CCN2CCCCC2)(CCN2CCCCC2)C1C(=O)OC. The highest BCUT2D eigenvalue weighted by atomic mass is 16.5. The van der Waals surface area contributed by atoms with Crippen LogP contribution in [-0.4, -0.2) is 81.0 Å². The summed E-state index contributed by atoms with van der Waals surface area (Å²) >= 11 is 0. The third-order valence-electron chi connectivity index (χ3n) is 8.54. The van der Waals surface area contributed by atoms with Crippen LogP contribution in [-0.2, 0) is 19.1 Å². The number of rotatable bonds is 10. The summed E-state index contributed by atoms with van der Waals surface area (Å²) in [6.45, 7) is 5.85. The molecule has 1 aromatic rings. The van der Waals surface area contributed by atoms with Crippen LogP contribution in [0.15, 0.2) is 53.6 Å². The van der Waals surface area contributed by atoms with E-state index in [2.05, 4.69) is 9.80 Å². The van der Waals surface area contributed by atoms with E-state index in [0.717, 1.165) is 39.3 Å². The van der Waals surface area contributed by atoms with E-state index in [4.69, 9.17) is 9.47 Å². The molecule has 0 N–H and O–H groups in total. The van der Waals surface area contributed by atoms with Gasteiger partial charge in [-0.25, -0.2) is 4.79 Å². The second kappa shape index (κ2) is 13.3. The first-order valence-corrected chi connectivity index (χ1v) is 14.1. The monoisotopic (exact) mass is 522 g/mol. The summed E-state index contributed by atoms with van der Waals surface area (Å²) in [5.74, 6) is -2.35. The molecule has 2 saturated heterocycles. The molecule has 4 rings (SSSR count). The Morgan fingerprint density at radius 3 is 1.87 bits per heavy atom. The van der Waals surface area contributed by atoms with E-state index in [1.807, 2.05) is 12.1 Å². The highest BCUT2D eigenvalue weighted by Gasteiger charge is 2.50. The number of carbonyl (C=O) groups excluding carboxylic acids is 3. The number of esters is 2. The largest absolute Gasteiger partial charge is 0.469 e. The van der Waals surface area contributed by atoms with E-state index in [1.165, 1.54) is 52.7 Å². The maximum absolute atomic E-state index is 13.6. The number of hydrogen-bond donors (Lipinski definition) is 0. The van der Waals surface area contributed by atoms with Crippen molar-refractivity contribution in [2.75, 3.05) is 53.5 Å². The van der Waals surface area contributed by atoms with Crippen molar-refractivity contribution in [3.05, 3.63) is 59.2 Å². The second-order valence-electron chi connectivity index (χ2n) is 10.8. The van der Waals surface area contributed by atoms with Gasteiger partial charge >= 0.3 is 11.9 Å². The molecule has 3 aliphatic rings. The van der Waals surface area contributed by atoms with E-state index in [0.29, 0.717) is 18.4 Å². The van der Waals surface area contributed by atoms with Gasteiger partial charge in [0, 0.05) is 16.6 Å². The summed E-state index contributed by atoms with van der Waals surface area (Å²) in [6.07, 6.45) is 12.4. The molecule has 1 atom stereocenters. The normalized spacial score (nSPS) is 22.2. The highest BCUT2D eigenvalue weighted by Crippen LogP contribution is 2.47. The Hall–Kier alpha value is -2.77. The molecule has 1 aromatic carbocycles. The van der Waals surface area contributed by atoms with Gasteiger partial charge in [-0.2, -0.15) is 0 Å². The third-order valence-corrected chi connectivity index (χ3v) is 8.54. The minimum Gasteiger partial charge on any atom is -0.469 e. The van der Waals surface area contributed by atoms with Gasteiger partial charge in [-0.15, -0.1) is 0 Å². The Morgan fingerprint density at radius 1 is 0.816 bits per heavy atom. The molecular weight excluding hydrogens is 480 g/mol. The molecule has 0 bridgehead atoms. The zero-order valence-corrected chi connectivity index (χ0v) is 23.0. The summed E-state index contributed by atoms with van der Waals surface area (Å²) < 4.78 is 10.5. The quantitative estimate of drug-likeness (QED) is 0.332. The predicted octanol–water partition coefficient (Wildman–Crippen LogP) is 4.44. The van der Waals surface area contributed by atoms with Crippen LogP contribution in [0.3, 0.4) is 0 Å². The smallest absolute Gasteiger partial charge is 0.335 e. The lowest BCUT2D eigenvalue weighted by Crippen LogP contribution is -2.46. The zero-order valence-electron chi connectivity index (χ0n) is 23.0. The standard InChI is InChI=1S/C31H42N2O5/c1-37-29(35)26-25(28(34)24-12-6-3-7-13-24)14-15-31(27(26)30(36)38-2,16-22-32-18-8-4-9-19-32)17-23-33-20-10-5-11-21-33/h3,6-7,12-15,27H,4-5,8-11,16-23H2,1-2H3. The number of carbonyl (C=O) groups is 3. The van der Waals surface area contributed by atoms with Crippen molar-refractivity contribution in [2.45, 2.75) is 51.4 Å². The van der Waals surface area contributed by atoms with Gasteiger partial charge in [-0.05, 0) is 77.8 Å². The Morgan fingerprint density at radius 2 is 1.37 bits per heavy atom. The molecule has 206 valence electrons. The molecule has 2 heterocycles. The van der Waals surface area contributed by atoms with Gasteiger partial charge in [0.05, 0.1) is 25.7 Å². The summed E-state index contributed by atoms with van der Waals surface area (Å²) in [5, 5.41) is 0. The number of likely N-dealkylation sites (tertiary alicyclic amines) is 2. The van der Waals surface area contributed by atoms with Crippen molar-refractivity contribution < 1.29 is 23.9 Å². The van der Waals surface area contributed by atoms with Crippen LogP contribution >= 0.6 is 0 Å². The van der Waals surface area contributed by atoms with Crippen LogP contribution in [0, 0.1) is 11.3 Å². The number of allylic oxidation sites excluding steroid dienone is 3. The lowest BCUT2D eigenvalue weighted by molar-refractivity contribution is -0.151. The Bertz CT molecular complexity index is 1010. The highest BCUT2D eigenvalue weighted by molar-refractivity contribution is 6.16. The fourth-order valence-electron chi connectivity index (χ4n) is 6.31. The molecule has 38 heavy (non-hydrogen) atoms. The van der Waals surface area contributed by atoms with E-state index in [9.17, 15) is 14.4 Å². The fourth-order valence-corrected chi connectivity index (χ4v) is 6.31. The maximum atomic E-state index is 13.6. The van der Waals surface area contributed by atoms with Gasteiger partial charge < -0.3 is 19.3 Å². The van der Waals surface area contributed by atoms with Crippen LogP contribution in [0.4, 0.5) is 0 Å². The molecule has 0 amide bonds. The van der Waals surface area contributed by atoms with Crippen LogP contribution in [0.25, 0.3) is 0 Å². The summed E-state index contributed by atoms with van der Waals surface area (Å²) in [6, 6.07) is 8.86. The topological polar surface area (TPSA) is 76.2 Å². The van der Waals surface area contributed by atoms with E-state index in [1.54, 1.807) is 30.3 Å². The van der Waals surface area contributed by atoms with Crippen molar-refractivity contribution in [3.63, 3.8) is 0 Å². The lowest BCUT2D eigenvalue weighted by Gasteiger charge is -2.43. The van der Waals surface area contributed by atoms with Crippen LogP contribution in [0.2, 0.25) is 0 Å². The number of hydrogen-bond acceptors (Lipinski definition) is 7. The average Bonchev–Trinajstić information content (AvgIpc) is 2.99. The van der Waals surface area contributed by atoms with Gasteiger partial charge in [0.2, 0.25) is 0 Å². The Labute approximate surface area is 226 Å². The molecule has 1 unspecified atom stereocenters. The van der Waals surface area contributed by atoms with Crippen molar-refractivity contribution in [1.29, 1.82) is 0 Å². The first-order chi connectivity index (χ1) is 18.5. The third kappa shape index (κ3) is 6.44. The van der Waals surface area contributed by atoms with Gasteiger partial charge in [-0.1, -0.05) is 55.3 Å². The van der Waals surface area contributed by atoms with Crippen molar-refractivity contribution in [2.24, 2.45) is 11.3 Å². The summed E-state index contributed by atoms with van der Waals surface area (Å²) in [4.78, 5) is 45.5. The molecule has 7 nitrogen and oxygen atoms in total. The van der Waals surface area contributed by atoms with Crippen molar-refractivity contribution in [3.8, 4) is 0 Å². The van der Waals surface area contributed by atoms with E-state index in [-0.39, 0.29) is 16.9 Å². The second-order valence-corrected chi connectivity index (χ2v) is 10.8. The predicted molar refractivity (Wildman–Crippen MR) is 147 cm³/mol. The average molecular weight is 523 g/mol. The molecule has 2 aliphatic heterocycles. The first-order valence-electron chi connectivity index (χ1n) is 14.1. The Kier molecular flexibility index (Phi) is 9.91. The molecular formula is C31H42N2O5. The first kappa shape index (κ1) is 28.2. The number of ketones is 1. The molecule has 1 aliphatic carbocycles. The molecule has 0 spiro atoms. The van der Waals surface area contributed by atoms with Crippen LogP contribution < -0.4 is 0 Å². The molecule has 2 fully saturated rings. The Balaban J connectivity index is 1.74. The number of piperidine rings is 2. The van der Waals surface area contributed by atoms with E-state index >= 15 is 0 Å². The van der Waals surface area contributed by atoms with Gasteiger partial charge in [0.25, 0.3) is 0 Å². The minimum absolute atomic E-state index is 0.119.